The Morgan fingerprint density at radius 3 is 2.40 bits per heavy atom. The molecule has 3 N–H and O–H groups in total. The summed E-state index contributed by atoms with van der Waals surface area (Å²) in [6, 6.07) is 10.5. The van der Waals surface area contributed by atoms with E-state index in [0.717, 1.165) is 0 Å². The minimum absolute atomic E-state index is 0.0937. The lowest BCUT2D eigenvalue weighted by Gasteiger charge is -2.10. The largest absolute Gasteiger partial charge is 0.508 e. The van der Waals surface area contributed by atoms with Crippen molar-refractivity contribution in [2.75, 3.05) is 12.8 Å². The van der Waals surface area contributed by atoms with Crippen LogP contribution < -0.4 is 10.5 Å². The van der Waals surface area contributed by atoms with Crippen molar-refractivity contribution in [3.63, 3.8) is 0 Å². The van der Waals surface area contributed by atoms with Crippen LogP contribution in [0.5, 0.6) is 11.5 Å². The molecule has 0 atom stereocenters. The van der Waals surface area contributed by atoms with Gasteiger partial charge in [-0.05, 0) is 29.8 Å². The Hall–Kier alpha value is -2.21. The van der Waals surface area contributed by atoms with Crippen LogP contribution in [0.15, 0.2) is 47.4 Å². The molecule has 0 unspecified atom stereocenters. The number of anilines is 1. The van der Waals surface area contributed by atoms with Gasteiger partial charge in [-0.1, -0.05) is 12.1 Å². The molecule has 2 aromatic rings. The fourth-order valence-corrected chi connectivity index (χ4v) is 3.34. The molecule has 0 amide bonds. The maximum atomic E-state index is 12.4. The number of phenolic OH excluding ortho intramolecular Hbond substituents is 1. The zero-order chi connectivity index (χ0) is 14.8. The predicted molar refractivity (Wildman–Crippen MR) is 76.4 cm³/mol. The molecule has 0 bridgehead atoms. The second-order valence-corrected chi connectivity index (χ2v) is 6.29. The minimum atomic E-state index is -3.55. The lowest BCUT2D eigenvalue weighted by Crippen LogP contribution is -2.07. The summed E-state index contributed by atoms with van der Waals surface area (Å²) in [5.41, 5.74) is 6.63. The SMILES string of the molecule is COc1cc(N)ccc1S(=O)(=O)Cc1ccc(O)cc1. The van der Waals surface area contributed by atoms with Crippen molar-refractivity contribution in [2.45, 2.75) is 10.6 Å². The first-order valence-corrected chi connectivity index (χ1v) is 7.52. The molecule has 20 heavy (non-hydrogen) atoms. The van der Waals surface area contributed by atoms with Crippen molar-refractivity contribution in [2.24, 2.45) is 0 Å². The predicted octanol–water partition coefficient (Wildman–Crippen LogP) is 1.96. The minimum Gasteiger partial charge on any atom is -0.508 e. The van der Waals surface area contributed by atoms with E-state index in [1.165, 1.54) is 37.4 Å². The second kappa shape index (κ2) is 5.42. The van der Waals surface area contributed by atoms with Gasteiger partial charge in [-0.15, -0.1) is 0 Å². The highest BCUT2D eigenvalue weighted by molar-refractivity contribution is 7.90. The number of methoxy groups -OCH3 is 1. The van der Waals surface area contributed by atoms with Gasteiger partial charge in [0, 0.05) is 11.8 Å². The third-order valence-electron chi connectivity index (χ3n) is 2.82. The number of nitrogen functional groups attached to an aromatic ring is 1. The third-order valence-corrected chi connectivity index (χ3v) is 4.54. The lowest BCUT2D eigenvalue weighted by molar-refractivity contribution is 0.403. The maximum Gasteiger partial charge on any atom is 0.186 e. The first-order valence-electron chi connectivity index (χ1n) is 5.86. The summed E-state index contributed by atoms with van der Waals surface area (Å²) in [6.07, 6.45) is 0. The molecule has 0 saturated heterocycles. The zero-order valence-electron chi connectivity index (χ0n) is 10.9. The number of sulfone groups is 1. The Morgan fingerprint density at radius 1 is 1.15 bits per heavy atom. The van der Waals surface area contributed by atoms with Gasteiger partial charge in [0.05, 0.1) is 12.9 Å². The molecule has 0 heterocycles. The topological polar surface area (TPSA) is 89.6 Å². The van der Waals surface area contributed by atoms with Crippen molar-refractivity contribution >= 4 is 15.5 Å². The Morgan fingerprint density at radius 2 is 1.80 bits per heavy atom. The zero-order valence-corrected chi connectivity index (χ0v) is 11.7. The van der Waals surface area contributed by atoms with Crippen LogP contribution in [-0.2, 0) is 15.6 Å². The number of aromatic hydroxyl groups is 1. The summed E-state index contributed by atoms with van der Waals surface area (Å²) in [5, 5.41) is 9.20. The molecule has 0 aliphatic heterocycles. The lowest BCUT2D eigenvalue weighted by atomic mass is 10.2. The molecule has 5 nitrogen and oxygen atoms in total. The molecule has 106 valence electrons. The van der Waals surface area contributed by atoms with Crippen LogP contribution in [0.1, 0.15) is 5.56 Å². The standard InChI is InChI=1S/C14H15NO4S/c1-19-13-8-11(15)4-7-14(13)20(17,18)9-10-2-5-12(16)6-3-10/h2-8,16H,9,15H2,1H3. The van der Waals surface area contributed by atoms with E-state index in [9.17, 15) is 13.5 Å². The van der Waals surface area contributed by atoms with Gasteiger partial charge in [0.15, 0.2) is 9.84 Å². The summed E-state index contributed by atoms with van der Waals surface area (Å²) in [7, 11) is -2.15. The molecule has 0 fully saturated rings. The summed E-state index contributed by atoms with van der Waals surface area (Å²) in [4.78, 5) is 0.0993. The number of rotatable bonds is 4. The van der Waals surface area contributed by atoms with Crippen LogP contribution >= 0.6 is 0 Å². The Bertz CT molecular complexity index is 708. The fourth-order valence-electron chi connectivity index (χ4n) is 1.83. The molecule has 0 saturated carbocycles. The van der Waals surface area contributed by atoms with Crippen molar-refractivity contribution in [1.82, 2.24) is 0 Å². The number of benzene rings is 2. The average Bonchev–Trinajstić information content (AvgIpc) is 2.40. The highest BCUT2D eigenvalue weighted by atomic mass is 32.2. The van der Waals surface area contributed by atoms with Gasteiger partial charge in [-0.3, -0.25) is 0 Å². The van der Waals surface area contributed by atoms with E-state index in [1.807, 2.05) is 0 Å². The molecule has 6 heteroatoms. The molecular weight excluding hydrogens is 278 g/mol. The number of hydrogen-bond acceptors (Lipinski definition) is 5. The van der Waals surface area contributed by atoms with E-state index in [0.29, 0.717) is 11.3 Å². The molecular formula is C14H15NO4S. The number of phenols is 1. The molecule has 2 aromatic carbocycles. The van der Waals surface area contributed by atoms with Gasteiger partial charge in [-0.25, -0.2) is 8.42 Å². The Kier molecular flexibility index (Phi) is 3.85. The molecule has 2 rings (SSSR count). The molecule has 0 aliphatic rings. The van der Waals surface area contributed by atoms with Crippen molar-refractivity contribution in [1.29, 1.82) is 0 Å². The smallest absolute Gasteiger partial charge is 0.186 e. The van der Waals surface area contributed by atoms with Gasteiger partial charge in [0.2, 0.25) is 0 Å². The van der Waals surface area contributed by atoms with E-state index in [2.05, 4.69) is 0 Å². The summed E-state index contributed by atoms with van der Waals surface area (Å²) in [6.45, 7) is 0. The quantitative estimate of drug-likeness (QED) is 0.841. The van der Waals surface area contributed by atoms with Gasteiger partial charge in [0.25, 0.3) is 0 Å². The Balaban J connectivity index is 2.38. The van der Waals surface area contributed by atoms with Crippen LogP contribution in [0, 0.1) is 0 Å². The van der Waals surface area contributed by atoms with Crippen LogP contribution in [0.2, 0.25) is 0 Å². The normalized spacial score (nSPS) is 11.2. The summed E-state index contributed by atoms with van der Waals surface area (Å²) >= 11 is 0. The summed E-state index contributed by atoms with van der Waals surface area (Å²) < 4.78 is 29.9. The van der Waals surface area contributed by atoms with Gasteiger partial charge in [-0.2, -0.15) is 0 Å². The van der Waals surface area contributed by atoms with Crippen LogP contribution in [-0.4, -0.2) is 20.6 Å². The number of hydrogen-bond donors (Lipinski definition) is 2. The molecule has 0 spiro atoms. The van der Waals surface area contributed by atoms with Gasteiger partial charge < -0.3 is 15.6 Å². The van der Waals surface area contributed by atoms with Crippen molar-refractivity contribution in [3.8, 4) is 11.5 Å². The van der Waals surface area contributed by atoms with E-state index in [1.54, 1.807) is 12.1 Å². The van der Waals surface area contributed by atoms with E-state index < -0.39 is 9.84 Å². The van der Waals surface area contributed by atoms with Crippen LogP contribution in [0.3, 0.4) is 0 Å². The highest BCUT2D eigenvalue weighted by Crippen LogP contribution is 2.28. The fraction of sp³-hybridized carbons (Fsp3) is 0.143. The highest BCUT2D eigenvalue weighted by Gasteiger charge is 2.20. The second-order valence-electron chi connectivity index (χ2n) is 4.34. The third kappa shape index (κ3) is 3.03. The molecule has 0 radical (unpaired) electrons. The summed E-state index contributed by atoms with van der Waals surface area (Å²) in [5.74, 6) is 0.146. The van der Waals surface area contributed by atoms with Crippen LogP contribution in [0.25, 0.3) is 0 Å². The molecule has 0 aliphatic carbocycles. The van der Waals surface area contributed by atoms with Crippen molar-refractivity contribution < 1.29 is 18.3 Å². The van der Waals surface area contributed by atoms with Crippen molar-refractivity contribution in [3.05, 3.63) is 48.0 Å². The maximum absolute atomic E-state index is 12.4. The van der Waals surface area contributed by atoms with Gasteiger partial charge in [0.1, 0.15) is 16.4 Å². The number of ether oxygens (including phenoxy) is 1. The first kappa shape index (κ1) is 14.2. The van der Waals surface area contributed by atoms with E-state index >= 15 is 0 Å². The first-order chi connectivity index (χ1) is 9.42. The van der Waals surface area contributed by atoms with E-state index in [-0.39, 0.29) is 22.1 Å². The average molecular weight is 293 g/mol. The van der Waals surface area contributed by atoms with Crippen LogP contribution in [0.4, 0.5) is 5.69 Å². The Labute approximate surface area is 117 Å². The van der Waals surface area contributed by atoms with E-state index in [4.69, 9.17) is 10.5 Å². The van der Waals surface area contributed by atoms with Gasteiger partial charge >= 0.3 is 0 Å². The number of nitrogens with two attached hydrogens (primary N) is 1. The monoisotopic (exact) mass is 293 g/mol. The molecule has 0 aromatic heterocycles.